The van der Waals surface area contributed by atoms with Crippen LogP contribution in [0.5, 0.6) is 0 Å². The zero-order valence-electron chi connectivity index (χ0n) is 11.6. The Balaban J connectivity index is 2.47. The number of nitrogens with zero attached hydrogens (tertiary/aromatic N) is 1. The summed E-state index contributed by atoms with van der Waals surface area (Å²) in [6.07, 6.45) is 1.60. The van der Waals surface area contributed by atoms with Crippen molar-refractivity contribution in [2.24, 2.45) is 13.0 Å². The van der Waals surface area contributed by atoms with Crippen molar-refractivity contribution in [3.63, 3.8) is 0 Å². The molecule has 0 aliphatic rings. The van der Waals surface area contributed by atoms with Crippen molar-refractivity contribution in [1.29, 1.82) is 0 Å². The van der Waals surface area contributed by atoms with Crippen LogP contribution in [-0.4, -0.2) is 29.1 Å². The molecule has 0 spiro atoms. The quantitative estimate of drug-likeness (QED) is 0.842. The number of hydrogen-bond acceptors (Lipinski definition) is 3. The molecule has 5 nitrogen and oxygen atoms in total. The van der Waals surface area contributed by atoms with Crippen LogP contribution in [0.4, 0.5) is 0 Å². The van der Waals surface area contributed by atoms with Crippen molar-refractivity contribution < 1.29 is 14.3 Å². The lowest BCUT2D eigenvalue weighted by Crippen LogP contribution is -2.38. The molecule has 0 aliphatic carbocycles. The Morgan fingerprint density at radius 3 is 2.53 bits per heavy atom. The van der Waals surface area contributed by atoms with E-state index in [-0.39, 0.29) is 18.6 Å². The molecule has 1 amide bonds. The molecule has 106 valence electrons. The van der Waals surface area contributed by atoms with E-state index >= 15 is 0 Å². The summed E-state index contributed by atoms with van der Waals surface area (Å²) in [6, 6.07) is 1.54. The van der Waals surface area contributed by atoms with Gasteiger partial charge in [0.05, 0.1) is 5.02 Å². The third kappa shape index (κ3) is 4.59. The molecule has 0 unspecified atom stereocenters. The van der Waals surface area contributed by atoms with Crippen molar-refractivity contribution in [1.82, 2.24) is 9.88 Å². The molecule has 0 fully saturated rings. The normalized spacial score (nSPS) is 12.3. The smallest absolute Gasteiger partial charge is 0.355 e. The Labute approximate surface area is 117 Å². The second-order valence-corrected chi connectivity index (χ2v) is 5.27. The highest BCUT2D eigenvalue weighted by Gasteiger charge is 2.16. The molecule has 0 radical (unpaired) electrons. The summed E-state index contributed by atoms with van der Waals surface area (Å²) in [6.45, 7) is 5.62. The monoisotopic (exact) mass is 286 g/mol. The fourth-order valence-electron chi connectivity index (χ4n) is 1.39. The molecular weight excluding hydrogens is 268 g/mol. The molecule has 1 aromatic heterocycles. The van der Waals surface area contributed by atoms with Crippen LogP contribution in [0.1, 0.15) is 31.3 Å². The van der Waals surface area contributed by atoms with Gasteiger partial charge in [0.25, 0.3) is 5.91 Å². The fraction of sp³-hybridized carbons (Fsp3) is 0.538. The van der Waals surface area contributed by atoms with Crippen LogP contribution in [0, 0.1) is 5.92 Å². The highest BCUT2D eigenvalue weighted by molar-refractivity contribution is 6.30. The van der Waals surface area contributed by atoms with Crippen LogP contribution in [-0.2, 0) is 16.6 Å². The summed E-state index contributed by atoms with van der Waals surface area (Å²) in [5.41, 5.74) is 0.315. The fourth-order valence-corrected chi connectivity index (χ4v) is 1.64. The van der Waals surface area contributed by atoms with Gasteiger partial charge in [-0.3, -0.25) is 4.79 Å². The maximum absolute atomic E-state index is 11.7. The number of hydrogen-bond donors (Lipinski definition) is 1. The molecule has 1 heterocycles. The van der Waals surface area contributed by atoms with Crippen molar-refractivity contribution in [2.45, 2.75) is 26.8 Å². The van der Waals surface area contributed by atoms with Crippen molar-refractivity contribution in [3.05, 3.63) is 23.0 Å². The first-order chi connectivity index (χ1) is 8.81. The minimum atomic E-state index is -0.568. The van der Waals surface area contributed by atoms with E-state index in [4.69, 9.17) is 16.3 Å². The van der Waals surface area contributed by atoms with Gasteiger partial charge in [-0.1, -0.05) is 25.4 Å². The van der Waals surface area contributed by atoms with Crippen LogP contribution >= 0.6 is 11.6 Å². The molecule has 0 aliphatic heterocycles. The van der Waals surface area contributed by atoms with E-state index in [1.54, 1.807) is 17.8 Å². The van der Waals surface area contributed by atoms with Gasteiger partial charge in [0, 0.05) is 19.3 Å². The standard InChI is InChI=1S/C13H19ClN2O3/c1-8(2)9(3)15-12(17)7-19-13(18)11-5-10(14)6-16(11)4/h5-6,8-9H,7H2,1-4H3,(H,15,17)/t9-/m0/s1. The number of carbonyl (C=O) groups excluding carboxylic acids is 2. The van der Waals surface area contributed by atoms with Crippen LogP contribution in [0.15, 0.2) is 12.3 Å². The molecule has 6 heteroatoms. The van der Waals surface area contributed by atoms with E-state index in [1.165, 1.54) is 6.07 Å². The van der Waals surface area contributed by atoms with Crippen LogP contribution in [0.25, 0.3) is 0 Å². The van der Waals surface area contributed by atoms with Gasteiger partial charge >= 0.3 is 5.97 Å². The van der Waals surface area contributed by atoms with E-state index in [0.717, 1.165) is 0 Å². The van der Waals surface area contributed by atoms with E-state index < -0.39 is 5.97 Å². The molecule has 19 heavy (non-hydrogen) atoms. The Morgan fingerprint density at radius 1 is 1.42 bits per heavy atom. The number of amides is 1. The number of esters is 1. The van der Waals surface area contributed by atoms with Gasteiger partial charge in [-0.05, 0) is 18.9 Å². The lowest BCUT2D eigenvalue weighted by atomic mass is 10.1. The number of carbonyl (C=O) groups is 2. The Bertz CT molecular complexity index is 468. The minimum absolute atomic E-state index is 0.0377. The maximum atomic E-state index is 11.7. The average molecular weight is 287 g/mol. The zero-order chi connectivity index (χ0) is 14.6. The average Bonchev–Trinajstić information content (AvgIpc) is 2.65. The molecular formula is C13H19ClN2O3. The summed E-state index contributed by atoms with van der Waals surface area (Å²) in [5.74, 6) is -0.553. The largest absolute Gasteiger partial charge is 0.451 e. The van der Waals surface area contributed by atoms with Crippen LogP contribution in [0.2, 0.25) is 5.02 Å². The van der Waals surface area contributed by atoms with Gasteiger partial charge in [0.1, 0.15) is 5.69 Å². The second kappa shape index (κ2) is 6.61. The third-order valence-corrected chi connectivity index (χ3v) is 3.11. The summed E-state index contributed by atoms with van der Waals surface area (Å²) in [7, 11) is 1.68. The summed E-state index contributed by atoms with van der Waals surface area (Å²) >= 11 is 5.77. The van der Waals surface area contributed by atoms with Gasteiger partial charge < -0.3 is 14.6 Å². The number of halogens is 1. The van der Waals surface area contributed by atoms with E-state index in [0.29, 0.717) is 16.6 Å². The molecule has 1 atom stereocenters. The van der Waals surface area contributed by atoms with E-state index in [9.17, 15) is 9.59 Å². The van der Waals surface area contributed by atoms with Gasteiger partial charge in [0.2, 0.25) is 0 Å². The highest BCUT2D eigenvalue weighted by Crippen LogP contribution is 2.13. The van der Waals surface area contributed by atoms with E-state index in [1.807, 2.05) is 20.8 Å². The summed E-state index contributed by atoms with van der Waals surface area (Å²) in [4.78, 5) is 23.3. The van der Waals surface area contributed by atoms with Gasteiger partial charge in [-0.25, -0.2) is 4.79 Å². The molecule has 0 bridgehead atoms. The Morgan fingerprint density at radius 2 is 2.05 bits per heavy atom. The number of nitrogens with one attached hydrogen (secondary N) is 1. The SMILES string of the molecule is CC(C)[C@H](C)NC(=O)COC(=O)c1cc(Cl)cn1C. The number of aryl methyl sites for hydroxylation is 1. The number of aromatic nitrogens is 1. The maximum Gasteiger partial charge on any atom is 0.355 e. The second-order valence-electron chi connectivity index (χ2n) is 4.83. The molecule has 1 N–H and O–H groups in total. The molecule has 1 aromatic rings. The summed E-state index contributed by atoms with van der Waals surface area (Å²) in [5, 5.41) is 3.21. The molecule has 1 rings (SSSR count). The first-order valence-electron chi connectivity index (χ1n) is 6.09. The first kappa shape index (κ1) is 15.6. The molecule has 0 saturated heterocycles. The molecule has 0 saturated carbocycles. The third-order valence-electron chi connectivity index (χ3n) is 2.90. The topological polar surface area (TPSA) is 60.3 Å². The minimum Gasteiger partial charge on any atom is -0.451 e. The van der Waals surface area contributed by atoms with Crippen LogP contribution in [0.3, 0.4) is 0 Å². The summed E-state index contributed by atoms with van der Waals surface area (Å²) < 4.78 is 6.49. The number of ether oxygens (including phenoxy) is 1. The van der Waals surface area contributed by atoms with Crippen molar-refractivity contribution in [2.75, 3.05) is 6.61 Å². The zero-order valence-corrected chi connectivity index (χ0v) is 12.3. The van der Waals surface area contributed by atoms with Gasteiger partial charge in [0.15, 0.2) is 6.61 Å². The van der Waals surface area contributed by atoms with Crippen molar-refractivity contribution in [3.8, 4) is 0 Å². The first-order valence-corrected chi connectivity index (χ1v) is 6.47. The van der Waals surface area contributed by atoms with Crippen molar-refractivity contribution >= 4 is 23.5 Å². The number of rotatable bonds is 5. The van der Waals surface area contributed by atoms with E-state index in [2.05, 4.69) is 5.32 Å². The lowest BCUT2D eigenvalue weighted by molar-refractivity contribution is -0.125. The Kier molecular flexibility index (Phi) is 5.42. The lowest BCUT2D eigenvalue weighted by Gasteiger charge is -2.17. The van der Waals surface area contributed by atoms with Crippen LogP contribution < -0.4 is 5.32 Å². The predicted octanol–water partition coefficient (Wildman–Crippen LogP) is 2.00. The highest BCUT2D eigenvalue weighted by atomic mass is 35.5. The Hall–Kier alpha value is -1.49. The van der Waals surface area contributed by atoms with Gasteiger partial charge in [-0.15, -0.1) is 0 Å². The predicted molar refractivity (Wildman–Crippen MR) is 73.1 cm³/mol. The molecule has 0 aromatic carbocycles. The van der Waals surface area contributed by atoms with Gasteiger partial charge in [-0.2, -0.15) is 0 Å².